The van der Waals surface area contributed by atoms with Crippen molar-refractivity contribution in [2.75, 3.05) is 24.5 Å². The van der Waals surface area contributed by atoms with Gasteiger partial charge >= 0.3 is 0 Å². The predicted octanol–water partition coefficient (Wildman–Crippen LogP) is 2.24. The van der Waals surface area contributed by atoms with Gasteiger partial charge in [-0.3, -0.25) is 0 Å². The summed E-state index contributed by atoms with van der Waals surface area (Å²) < 4.78 is 0. The van der Waals surface area contributed by atoms with Crippen molar-refractivity contribution >= 4 is 16.3 Å². The lowest BCUT2D eigenvalue weighted by atomic mass is 10.0. The first kappa shape index (κ1) is 9.99. The molecule has 78 valence electrons. The van der Waals surface area contributed by atoms with E-state index in [9.17, 15) is 0 Å². The highest BCUT2D eigenvalue weighted by molar-refractivity contribution is 7.16. The van der Waals surface area contributed by atoms with Crippen molar-refractivity contribution in [3.05, 3.63) is 17.0 Å². The highest BCUT2D eigenvalue weighted by Crippen LogP contribution is 2.27. The Morgan fingerprint density at radius 3 is 2.79 bits per heavy atom. The molecular weight excluding hydrogens is 192 g/mol. The predicted molar refractivity (Wildman–Crippen MR) is 63.4 cm³/mol. The van der Waals surface area contributed by atoms with Crippen LogP contribution in [0.1, 0.15) is 18.7 Å². The molecule has 1 fully saturated rings. The van der Waals surface area contributed by atoms with Crippen LogP contribution in [0.2, 0.25) is 0 Å². The zero-order chi connectivity index (χ0) is 10.2. The summed E-state index contributed by atoms with van der Waals surface area (Å²) in [4.78, 5) is 3.88. The van der Waals surface area contributed by atoms with Gasteiger partial charge in [0.15, 0.2) is 0 Å². The quantitative estimate of drug-likeness (QED) is 0.765. The summed E-state index contributed by atoms with van der Waals surface area (Å²) in [7, 11) is 0. The van der Waals surface area contributed by atoms with Crippen LogP contribution >= 0.6 is 11.3 Å². The van der Waals surface area contributed by atoms with Crippen molar-refractivity contribution in [2.45, 2.75) is 26.3 Å². The van der Waals surface area contributed by atoms with Crippen molar-refractivity contribution in [1.29, 1.82) is 0 Å². The number of anilines is 1. The van der Waals surface area contributed by atoms with E-state index in [1.807, 2.05) is 11.3 Å². The lowest BCUT2D eigenvalue weighted by Crippen LogP contribution is -2.57. The molecule has 2 heterocycles. The van der Waals surface area contributed by atoms with Gasteiger partial charge in [0, 0.05) is 30.1 Å². The van der Waals surface area contributed by atoms with Gasteiger partial charge in [-0.1, -0.05) is 0 Å². The molecule has 2 rings (SSSR count). The average Bonchev–Trinajstić information content (AvgIpc) is 2.50. The number of rotatable bonds is 1. The Hall–Kier alpha value is -0.540. The summed E-state index contributed by atoms with van der Waals surface area (Å²) in [5, 5.41) is 4.94. The topological polar surface area (TPSA) is 15.3 Å². The van der Waals surface area contributed by atoms with Crippen LogP contribution in [-0.4, -0.2) is 25.2 Å². The van der Waals surface area contributed by atoms with Crippen LogP contribution in [0, 0.1) is 6.92 Å². The molecule has 0 aliphatic carbocycles. The first-order valence-corrected chi connectivity index (χ1v) is 5.95. The summed E-state index contributed by atoms with van der Waals surface area (Å²) in [6, 6.07) is 4.44. The van der Waals surface area contributed by atoms with E-state index >= 15 is 0 Å². The van der Waals surface area contributed by atoms with Crippen LogP contribution < -0.4 is 10.2 Å². The standard InChI is InChI=1S/C11H18N2S/c1-9-4-5-10(14-9)13-7-6-12-11(2,3)8-13/h4-5,12H,6-8H2,1-3H3. The van der Waals surface area contributed by atoms with Gasteiger partial charge < -0.3 is 10.2 Å². The third kappa shape index (κ3) is 2.10. The molecule has 0 aromatic carbocycles. The molecule has 1 aliphatic rings. The minimum atomic E-state index is 0.246. The van der Waals surface area contributed by atoms with Gasteiger partial charge in [-0.05, 0) is 32.9 Å². The van der Waals surface area contributed by atoms with Crippen molar-refractivity contribution in [2.24, 2.45) is 0 Å². The minimum absolute atomic E-state index is 0.246. The molecule has 1 N–H and O–H groups in total. The van der Waals surface area contributed by atoms with Crippen LogP contribution in [-0.2, 0) is 0 Å². The molecule has 1 saturated heterocycles. The van der Waals surface area contributed by atoms with Crippen LogP contribution in [0.25, 0.3) is 0 Å². The molecular formula is C11H18N2S. The number of nitrogens with one attached hydrogen (secondary N) is 1. The summed E-state index contributed by atoms with van der Waals surface area (Å²) in [5.74, 6) is 0. The summed E-state index contributed by atoms with van der Waals surface area (Å²) in [6.07, 6.45) is 0. The van der Waals surface area contributed by atoms with E-state index in [1.54, 1.807) is 0 Å². The van der Waals surface area contributed by atoms with Gasteiger partial charge in [0.25, 0.3) is 0 Å². The van der Waals surface area contributed by atoms with Crippen LogP contribution in [0.3, 0.4) is 0 Å². The molecule has 0 bridgehead atoms. The lowest BCUT2D eigenvalue weighted by Gasteiger charge is -2.39. The molecule has 0 saturated carbocycles. The number of aryl methyl sites for hydroxylation is 1. The van der Waals surface area contributed by atoms with Gasteiger partial charge in [0.2, 0.25) is 0 Å². The third-order valence-corrected chi connectivity index (χ3v) is 3.67. The Labute approximate surface area is 89.9 Å². The number of hydrogen-bond acceptors (Lipinski definition) is 3. The van der Waals surface area contributed by atoms with Crippen molar-refractivity contribution in [1.82, 2.24) is 5.32 Å². The van der Waals surface area contributed by atoms with Gasteiger partial charge in [-0.2, -0.15) is 0 Å². The maximum atomic E-state index is 3.53. The first-order chi connectivity index (χ1) is 6.57. The Balaban J connectivity index is 2.12. The second-order valence-electron chi connectivity index (χ2n) is 4.62. The smallest absolute Gasteiger partial charge is 0.0912 e. The van der Waals surface area contributed by atoms with E-state index < -0.39 is 0 Å². The zero-order valence-corrected chi connectivity index (χ0v) is 9.95. The molecule has 2 nitrogen and oxygen atoms in total. The SMILES string of the molecule is Cc1ccc(N2CCNC(C)(C)C2)s1. The normalized spacial score (nSPS) is 21.2. The summed E-state index contributed by atoms with van der Waals surface area (Å²) >= 11 is 1.89. The van der Waals surface area contributed by atoms with E-state index in [0.29, 0.717) is 0 Å². The van der Waals surface area contributed by atoms with E-state index in [1.165, 1.54) is 9.88 Å². The lowest BCUT2D eigenvalue weighted by molar-refractivity contribution is 0.354. The fourth-order valence-electron chi connectivity index (χ4n) is 1.92. The Morgan fingerprint density at radius 1 is 1.43 bits per heavy atom. The third-order valence-electron chi connectivity index (χ3n) is 2.61. The number of nitrogens with zero attached hydrogens (tertiary/aromatic N) is 1. The highest BCUT2D eigenvalue weighted by Gasteiger charge is 2.26. The molecule has 14 heavy (non-hydrogen) atoms. The van der Waals surface area contributed by atoms with Gasteiger partial charge in [0.1, 0.15) is 0 Å². The maximum Gasteiger partial charge on any atom is 0.0912 e. The molecule has 0 radical (unpaired) electrons. The second kappa shape index (κ2) is 3.55. The molecule has 1 aromatic rings. The molecule has 0 atom stereocenters. The molecule has 1 aliphatic heterocycles. The van der Waals surface area contributed by atoms with Crippen molar-refractivity contribution in [3.8, 4) is 0 Å². The van der Waals surface area contributed by atoms with Gasteiger partial charge in [-0.25, -0.2) is 0 Å². The maximum absolute atomic E-state index is 3.53. The van der Waals surface area contributed by atoms with Gasteiger partial charge in [0.05, 0.1) is 5.00 Å². The highest BCUT2D eigenvalue weighted by atomic mass is 32.1. The van der Waals surface area contributed by atoms with E-state index in [2.05, 4.69) is 43.1 Å². The largest absolute Gasteiger partial charge is 0.360 e. The Bertz CT molecular complexity index is 317. The minimum Gasteiger partial charge on any atom is -0.360 e. The van der Waals surface area contributed by atoms with E-state index in [0.717, 1.165) is 19.6 Å². The molecule has 0 amide bonds. The summed E-state index contributed by atoms with van der Waals surface area (Å²) in [5.41, 5.74) is 0.246. The number of piperazine rings is 1. The fourth-order valence-corrected chi connectivity index (χ4v) is 2.81. The number of hydrogen-bond donors (Lipinski definition) is 1. The molecule has 3 heteroatoms. The van der Waals surface area contributed by atoms with Crippen LogP contribution in [0.5, 0.6) is 0 Å². The second-order valence-corrected chi connectivity index (χ2v) is 5.88. The Morgan fingerprint density at radius 2 is 2.21 bits per heavy atom. The van der Waals surface area contributed by atoms with Crippen molar-refractivity contribution in [3.63, 3.8) is 0 Å². The van der Waals surface area contributed by atoms with Crippen LogP contribution in [0.4, 0.5) is 5.00 Å². The van der Waals surface area contributed by atoms with E-state index in [-0.39, 0.29) is 5.54 Å². The zero-order valence-electron chi connectivity index (χ0n) is 9.13. The molecule has 0 spiro atoms. The van der Waals surface area contributed by atoms with Crippen molar-refractivity contribution < 1.29 is 0 Å². The van der Waals surface area contributed by atoms with Crippen LogP contribution in [0.15, 0.2) is 12.1 Å². The van der Waals surface area contributed by atoms with Gasteiger partial charge in [-0.15, -0.1) is 11.3 Å². The summed E-state index contributed by atoms with van der Waals surface area (Å²) in [6.45, 7) is 10.0. The fraction of sp³-hybridized carbons (Fsp3) is 0.636. The first-order valence-electron chi connectivity index (χ1n) is 5.13. The monoisotopic (exact) mass is 210 g/mol. The molecule has 0 unspecified atom stereocenters. The Kier molecular flexibility index (Phi) is 2.54. The average molecular weight is 210 g/mol. The number of thiophene rings is 1. The molecule has 1 aromatic heterocycles. The van der Waals surface area contributed by atoms with E-state index in [4.69, 9.17) is 0 Å².